The fraction of sp³-hybridized carbons (Fsp3) is 0.636. The smallest absolute Gasteiger partial charge is 0.303 e. The highest BCUT2D eigenvalue weighted by Crippen LogP contribution is 2.27. The molecule has 0 spiro atoms. The lowest BCUT2D eigenvalue weighted by molar-refractivity contribution is -0.145. The summed E-state index contributed by atoms with van der Waals surface area (Å²) in [5, 5.41) is 7.29. The maximum Gasteiger partial charge on any atom is 0.303 e. The second-order valence-corrected chi connectivity index (χ2v) is 6.17. The highest BCUT2D eigenvalue weighted by Gasteiger charge is 2.28. The van der Waals surface area contributed by atoms with Crippen LogP contribution in [0.5, 0.6) is 0 Å². The molecule has 7 heteroatoms. The monoisotopic (exact) mass is 315 g/mol. The van der Waals surface area contributed by atoms with E-state index in [1.54, 1.807) is 12.2 Å². The maximum atomic E-state index is 10.9. The van der Waals surface area contributed by atoms with Gasteiger partial charge >= 0.3 is 5.97 Å². The summed E-state index contributed by atoms with van der Waals surface area (Å²) in [7, 11) is 0. The van der Waals surface area contributed by atoms with Gasteiger partial charge in [-0.25, -0.2) is 0 Å². The van der Waals surface area contributed by atoms with Crippen LogP contribution in [0.4, 0.5) is 0 Å². The first kappa shape index (κ1) is 17.6. The van der Waals surface area contributed by atoms with Crippen LogP contribution in [0.1, 0.15) is 20.8 Å². The normalized spacial score (nSPS) is 13.7. The molecule has 0 aliphatic heterocycles. The third-order valence-electron chi connectivity index (χ3n) is 1.87. The molecule has 0 saturated carbocycles. The highest BCUT2D eigenvalue weighted by molar-refractivity contribution is 6.76. The SMILES string of the molecule is CC(=O)OC(/C=C/COC(=N)C(Cl)(Cl)Cl)C(C)C. The van der Waals surface area contributed by atoms with Gasteiger partial charge in [-0.1, -0.05) is 48.7 Å². The Bertz CT molecular complexity index is 324. The van der Waals surface area contributed by atoms with E-state index in [0.29, 0.717) is 0 Å². The van der Waals surface area contributed by atoms with Gasteiger partial charge in [0.25, 0.3) is 3.79 Å². The molecule has 4 nitrogen and oxygen atoms in total. The zero-order chi connectivity index (χ0) is 14.3. The largest absolute Gasteiger partial charge is 0.474 e. The van der Waals surface area contributed by atoms with Gasteiger partial charge in [-0.15, -0.1) is 0 Å². The molecule has 1 unspecified atom stereocenters. The van der Waals surface area contributed by atoms with E-state index in [9.17, 15) is 4.79 Å². The topological polar surface area (TPSA) is 59.4 Å². The number of rotatable bonds is 5. The zero-order valence-electron chi connectivity index (χ0n) is 10.4. The minimum atomic E-state index is -1.86. The minimum Gasteiger partial charge on any atom is -0.474 e. The molecule has 0 aromatic carbocycles. The molecule has 0 fully saturated rings. The molecule has 0 bridgehead atoms. The number of hydrogen-bond donors (Lipinski definition) is 1. The maximum absolute atomic E-state index is 10.9. The number of carbonyl (C=O) groups excluding carboxylic acids is 1. The van der Waals surface area contributed by atoms with Crippen molar-refractivity contribution in [3.05, 3.63) is 12.2 Å². The van der Waals surface area contributed by atoms with E-state index in [2.05, 4.69) is 0 Å². The third kappa shape index (κ3) is 7.80. The van der Waals surface area contributed by atoms with Crippen LogP contribution in [0.3, 0.4) is 0 Å². The van der Waals surface area contributed by atoms with Gasteiger partial charge in [0.15, 0.2) is 0 Å². The number of esters is 1. The Morgan fingerprint density at radius 3 is 2.33 bits per heavy atom. The number of alkyl halides is 3. The van der Waals surface area contributed by atoms with Gasteiger partial charge in [-0.2, -0.15) is 0 Å². The van der Waals surface area contributed by atoms with Gasteiger partial charge in [0.2, 0.25) is 5.90 Å². The van der Waals surface area contributed by atoms with Crippen molar-refractivity contribution < 1.29 is 14.3 Å². The molecule has 0 saturated heterocycles. The van der Waals surface area contributed by atoms with E-state index in [0.717, 1.165) is 0 Å². The Morgan fingerprint density at radius 2 is 1.94 bits per heavy atom. The van der Waals surface area contributed by atoms with E-state index in [1.165, 1.54) is 6.92 Å². The zero-order valence-corrected chi connectivity index (χ0v) is 12.6. The Morgan fingerprint density at radius 1 is 1.39 bits per heavy atom. The average Bonchev–Trinajstić information content (AvgIpc) is 2.19. The quantitative estimate of drug-likeness (QED) is 0.278. The van der Waals surface area contributed by atoms with Gasteiger partial charge in [0.1, 0.15) is 12.7 Å². The number of carbonyl (C=O) groups is 1. The first-order valence-corrected chi connectivity index (χ1v) is 6.40. The molecular formula is C11H16Cl3NO3. The van der Waals surface area contributed by atoms with Gasteiger partial charge < -0.3 is 9.47 Å². The summed E-state index contributed by atoms with van der Waals surface area (Å²) in [5.74, 6) is -0.670. The van der Waals surface area contributed by atoms with Crippen LogP contribution >= 0.6 is 34.8 Å². The van der Waals surface area contributed by atoms with Crippen molar-refractivity contribution in [2.45, 2.75) is 30.7 Å². The molecule has 0 aromatic heterocycles. The van der Waals surface area contributed by atoms with E-state index >= 15 is 0 Å². The van der Waals surface area contributed by atoms with Crippen molar-refractivity contribution in [1.29, 1.82) is 5.41 Å². The summed E-state index contributed by atoms with van der Waals surface area (Å²) >= 11 is 16.3. The minimum absolute atomic E-state index is 0.0667. The van der Waals surface area contributed by atoms with Crippen LogP contribution in [0.2, 0.25) is 0 Å². The number of halogens is 3. The first-order valence-electron chi connectivity index (χ1n) is 5.27. The lowest BCUT2D eigenvalue weighted by atomic mass is 10.1. The van der Waals surface area contributed by atoms with Crippen molar-refractivity contribution in [3.63, 3.8) is 0 Å². The van der Waals surface area contributed by atoms with Crippen LogP contribution in [-0.2, 0) is 14.3 Å². The van der Waals surface area contributed by atoms with Gasteiger partial charge in [-0.05, 0) is 18.1 Å². The molecule has 0 heterocycles. The fourth-order valence-electron chi connectivity index (χ4n) is 0.992. The third-order valence-corrected chi connectivity index (χ3v) is 2.38. The molecule has 1 atom stereocenters. The number of hydrogen-bond acceptors (Lipinski definition) is 4. The van der Waals surface area contributed by atoms with Crippen molar-refractivity contribution in [2.75, 3.05) is 6.61 Å². The van der Waals surface area contributed by atoms with Gasteiger partial charge in [-0.3, -0.25) is 10.2 Å². The molecule has 104 valence electrons. The Kier molecular flexibility index (Phi) is 7.67. The summed E-state index contributed by atoms with van der Waals surface area (Å²) in [6.45, 7) is 5.25. The van der Waals surface area contributed by atoms with E-state index < -0.39 is 9.69 Å². The Balaban J connectivity index is 4.21. The van der Waals surface area contributed by atoms with Crippen LogP contribution in [0, 0.1) is 11.3 Å². The molecule has 0 amide bonds. The van der Waals surface area contributed by atoms with E-state index in [4.69, 9.17) is 49.7 Å². The summed E-state index contributed by atoms with van der Waals surface area (Å²) in [4.78, 5) is 10.9. The van der Waals surface area contributed by atoms with Crippen LogP contribution < -0.4 is 0 Å². The second kappa shape index (κ2) is 7.87. The van der Waals surface area contributed by atoms with Gasteiger partial charge in [0, 0.05) is 6.92 Å². The standard InChI is InChI=1S/C11H16Cl3NO3/c1-7(2)9(18-8(3)16)5-4-6-17-10(15)11(12,13)14/h4-5,7,9,15H,6H2,1-3H3/b5-4+,15-10?. The molecular weight excluding hydrogens is 300 g/mol. The van der Waals surface area contributed by atoms with Crippen molar-refractivity contribution >= 4 is 46.7 Å². The average molecular weight is 317 g/mol. The van der Waals surface area contributed by atoms with Crippen LogP contribution in [0.25, 0.3) is 0 Å². The lowest BCUT2D eigenvalue weighted by Crippen LogP contribution is -2.22. The molecule has 18 heavy (non-hydrogen) atoms. The predicted octanol–water partition coefficient (Wildman–Crippen LogP) is 3.49. The molecule has 1 N–H and O–H groups in total. The summed E-state index contributed by atoms with van der Waals surface area (Å²) in [5.41, 5.74) is 0. The predicted molar refractivity (Wildman–Crippen MR) is 73.5 cm³/mol. The van der Waals surface area contributed by atoms with Crippen LogP contribution in [-0.4, -0.2) is 28.4 Å². The second-order valence-electron chi connectivity index (χ2n) is 3.88. The molecule has 0 radical (unpaired) electrons. The molecule has 0 aliphatic rings. The first-order chi connectivity index (χ1) is 8.14. The Labute approximate surface area is 122 Å². The Hall–Kier alpha value is -0.450. The summed E-state index contributed by atoms with van der Waals surface area (Å²) < 4.78 is 8.11. The van der Waals surface area contributed by atoms with Crippen molar-refractivity contribution in [2.24, 2.45) is 5.92 Å². The molecule has 0 rings (SSSR count). The summed E-state index contributed by atoms with van der Waals surface area (Å²) in [6, 6.07) is 0. The lowest BCUT2D eigenvalue weighted by Gasteiger charge is -2.17. The van der Waals surface area contributed by atoms with Crippen molar-refractivity contribution in [3.8, 4) is 0 Å². The molecule has 0 aliphatic carbocycles. The highest BCUT2D eigenvalue weighted by atomic mass is 35.6. The molecule has 0 aromatic rings. The fourth-order valence-corrected chi connectivity index (χ4v) is 1.16. The van der Waals surface area contributed by atoms with Crippen molar-refractivity contribution in [1.82, 2.24) is 0 Å². The van der Waals surface area contributed by atoms with Gasteiger partial charge in [0.05, 0.1) is 0 Å². The van der Waals surface area contributed by atoms with E-state index in [-0.39, 0.29) is 24.6 Å². The summed E-state index contributed by atoms with van der Waals surface area (Å²) in [6.07, 6.45) is 2.95. The number of nitrogens with one attached hydrogen (secondary N) is 1. The van der Waals surface area contributed by atoms with E-state index in [1.807, 2.05) is 13.8 Å². The number of ether oxygens (including phenoxy) is 2. The van der Waals surface area contributed by atoms with Crippen LogP contribution in [0.15, 0.2) is 12.2 Å².